The third-order valence-corrected chi connectivity index (χ3v) is 6.82. The number of nitrogens with zero attached hydrogens (tertiary/aromatic N) is 2. The molecule has 0 aliphatic carbocycles. The summed E-state index contributed by atoms with van der Waals surface area (Å²) in [6, 6.07) is 5.94. The summed E-state index contributed by atoms with van der Waals surface area (Å²) in [6.07, 6.45) is 11.5. The molecule has 2 aromatic rings. The van der Waals surface area contributed by atoms with Gasteiger partial charge in [0, 0.05) is 49.0 Å². The molecule has 36 heavy (non-hydrogen) atoms. The third-order valence-electron chi connectivity index (χ3n) is 4.99. The van der Waals surface area contributed by atoms with E-state index in [1.807, 2.05) is 35.0 Å². The Morgan fingerprint density at radius 3 is 1.56 bits per heavy atom. The van der Waals surface area contributed by atoms with Crippen LogP contribution in [0.2, 0.25) is 0 Å². The van der Waals surface area contributed by atoms with Gasteiger partial charge in [-0.25, -0.2) is 20.4 Å². The van der Waals surface area contributed by atoms with E-state index in [2.05, 4.69) is 21.5 Å². The van der Waals surface area contributed by atoms with Crippen LogP contribution in [-0.4, -0.2) is 46.5 Å². The lowest BCUT2D eigenvalue weighted by atomic mass is 10.2. The third kappa shape index (κ3) is 7.17. The number of nitrogens with one attached hydrogen (secondary N) is 4. The minimum absolute atomic E-state index is 0.0174. The van der Waals surface area contributed by atoms with Crippen molar-refractivity contribution >= 4 is 46.3 Å². The topological polar surface area (TPSA) is 123 Å². The van der Waals surface area contributed by atoms with E-state index in [4.69, 9.17) is 0 Å². The van der Waals surface area contributed by atoms with Gasteiger partial charge in [0.15, 0.2) is 11.6 Å². The number of Topliss-reactive ketones (excluding diaryl/α,β-unsaturated/α-hetero) is 2. The molecule has 2 aromatic heterocycles. The number of carbonyl (C=O) groups excluding carboxylic acids is 4. The first-order valence-corrected chi connectivity index (χ1v) is 12.8. The van der Waals surface area contributed by atoms with Crippen molar-refractivity contribution in [2.45, 2.75) is 12.8 Å². The number of amides is 4. The van der Waals surface area contributed by atoms with E-state index in [0.29, 0.717) is 34.0 Å². The van der Waals surface area contributed by atoms with Crippen LogP contribution in [-0.2, 0) is 0 Å². The monoisotopic (exact) mass is 524 g/mol. The molecule has 0 spiro atoms. The van der Waals surface area contributed by atoms with Crippen LogP contribution in [0.4, 0.5) is 9.59 Å². The van der Waals surface area contributed by atoms with E-state index in [1.165, 1.54) is 22.7 Å². The average molecular weight is 525 g/mol. The molecule has 4 rings (SSSR count). The van der Waals surface area contributed by atoms with Crippen LogP contribution in [0.15, 0.2) is 83.4 Å². The summed E-state index contributed by atoms with van der Waals surface area (Å²) in [5.41, 5.74) is 5.72. The van der Waals surface area contributed by atoms with Crippen molar-refractivity contribution in [1.82, 2.24) is 31.3 Å². The number of thiophene rings is 2. The first kappa shape index (κ1) is 24.9. The highest BCUT2D eigenvalue weighted by molar-refractivity contribution is 7.12. The number of carbonyl (C=O) groups is 4. The molecule has 2 aliphatic rings. The van der Waals surface area contributed by atoms with E-state index in [1.54, 1.807) is 46.7 Å². The molecule has 0 aromatic carbocycles. The smallest absolute Gasteiger partial charge is 0.337 e. The van der Waals surface area contributed by atoms with E-state index < -0.39 is 12.1 Å². The molecule has 4 N–H and O–H groups in total. The molecule has 0 fully saturated rings. The summed E-state index contributed by atoms with van der Waals surface area (Å²) in [5, 5.41) is 9.00. The van der Waals surface area contributed by atoms with Crippen molar-refractivity contribution < 1.29 is 19.2 Å². The molecule has 0 atom stereocenters. The second kappa shape index (κ2) is 12.0. The van der Waals surface area contributed by atoms with Gasteiger partial charge in [0.2, 0.25) is 0 Å². The maximum Gasteiger partial charge on any atom is 0.337 e. The Hall–Kier alpha value is -4.16. The van der Waals surface area contributed by atoms with Gasteiger partial charge in [0.05, 0.1) is 22.8 Å². The van der Waals surface area contributed by atoms with E-state index in [0.717, 1.165) is 0 Å². The zero-order valence-corrected chi connectivity index (χ0v) is 20.7. The fourth-order valence-electron chi connectivity index (χ4n) is 3.41. The lowest BCUT2D eigenvalue weighted by Crippen LogP contribution is -2.50. The average Bonchev–Trinajstić information content (AvgIpc) is 3.58. The molecule has 0 saturated carbocycles. The highest BCUT2D eigenvalue weighted by Crippen LogP contribution is 2.15. The Morgan fingerprint density at radius 2 is 1.17 bits per heavy atom. The van der Waals surface area contributed by atoms with Gasteiger partial charge in [0.25, 0.3) is 0 Å². The molecular weight excluding hydrogens is 500 g/mol. The number of urea groups is 2. The molecule has 0 unspecified atom stereocenters. The number of ketones is 2. The van der Waals surface area contributed by atoms with E-state index in [9.17, 15) is 19.2 Å². The molecule has 0 saturated heterocycles. The van der Waals surface area contributed by atoms with E-state index >= 15 is 0 Å². The number of hydrogen-bond acceptors (Lipinski definition) is 8. The number of hydrogen-bond donors (Lipinski definition) is 4. The van der Waals surface area contributed by atoms with E-state index in [-0.39, 0.29) is 24.7 Å². The summed E-state index contributed by atoms with van der Waals surface area (Å²) < 4.78 is 0. The SMILES string of the molecule is O=C(NNC(=O)NC1=CN(CC(=O)c2cccs2)C=CC1)NC1=CN(CC(=O)c2cccs2)C=CC1. The van der Waals surface area contributed by atoms with Gasteiger partial charge >= 0.3 is 12.1 Å². The zero-order valence-electron chi connectivity index (χ0n) is 19.1. The van der Waals surface area contributed by atoms with Crippen LogP contribution in [0.3, 0.4) is 0 Å². The predicted molar refractivity (Wildman–Crippen MR) is 138 cm³/mol. The van der Waals surface area contributed by atoms with Gasteiger partial charge in [-0.3, -0.25) is 9.59 Å². The fourth-order valence-corrected chi connectivity index (χ4v) is 4.73. The van der Waals surface area contributed by atoms with Crippen LogP contribution in [0, 0.1) is 0 Å². The Balaban J connectivity index is 1.20. The van der Waals surface area contributed by atoms with Crippen molar-refractivity contribution in [3.05, 3.63) is 93.1 Å². The van der Waals surface area contributed by atoms with Crippen LogP contribution in [0.5, 0.6) is 0 Å². The van der Waals surface area contributed by atoms with Gasteiger partial charge in [-0.15, -0.1) is 22.7 Å². The van der Waals surface area contributed by atoms with Crippen molar-refractivity contribution in [3.63, 3.8) is 0 Å². The quantitative estimate of drug-likeness (QED) is 0.310. The zero-order chi connectivity index (χ0) is 25.3. The molecule has 4 amide bonds. The van der Waals surface area contributed by atoms with Gasteiger partial charge in [0.1, 0.15) is 0 Å². The number of hydrazine groups is 1. The van der Waals surface area contributed by atoms with Crippen LogP contribution < -0.4 is 21.5 Å². The second-order valence-electron chi connectivity index (χ2n) is 7.79. The summed E-state index contributed by atoms with van der Waals surface area (Å²) >= 11 is 2.77. The minimum atomic E-state index is -0.628. The Kier molecular flexibility index (Phi) is 8.32. The lowest BCUT2D eigenvalue weighted by molar-refractivity contribution is 0.0965. The van der Waals surface area contributed by atoms with Crippen LogP contribution in [0.25, 0.3) is 0 Å². The highest BCUT2D eigenvalue weighted by atomic mass is 32.1. The molecule has 186 valence electrons. The van der Waals surface area contributed by atoms with Crippen LogP contribution >= 0.6 is 22.7 Å². The Bertz CT molecular complexity index is 1140. The Morgan fingerprint density at radius 1 is 0.722 bits per heavy atom. The molecule has 4 heterocycles. The molecular formula is C24H24N6O4S2. The second-order valence-corrected chi connectivity index (χ2v) is 9.69. The Labute approximate surface area is 215 Å². The molecule has 0 bridgehead atoms. The standard InChI is InChI=1S/C24H24N6O4S2/c31-19(21-7-3-11-35-21)15-29-9-1-5-17(13-29)25-23(33)27-28-24(34)26-18-6-2-10-30(14-18)16-20(32)22-8-4-12-36-22/h1-4,7-14H,5-6,15-16H2,(H2,25,27,33)(H2,26,28,34). The van der Waals surface area contributed by atoms with Crippen molar-refractivity contribution in [2.24, 2.45) is 0 Å². The predicted octanol–water partition coefficient (Wildman–Crippen LogP) is 3.51. The van der Waals surface area contributed by atoms with Crippen molar-refractivity contribution in [2.75, 3.05) is 13.1 Å². The molecule has 0 radical (unpaired) electrons. The van der Waals surface area contributed by atoms with Gasteiger partial charge in [-0.1, -0.05) is 24.3 Å². The normalized spacial score (nSPS) is 14.6. The minimum Gasteiger partial charge on any atom is -0.345 e. The first-order valence-electron chi connectivity index (χ1n) is 11.0. The summed E-state index contributed by atoms with van der Waals surface area (Å²) in [5.74, 6) is -0.0347. The number of rotatable bonds is 8. The van der Waals surface area contributed by atoms with Gasteiger partial charge < -0.3 is 20.4 Å². The maximum absolute atomic E-state index is 12.3. The van der Waals surface area contributed by atoms with Gasteiger partial charge in [-0.2, -0.15) is 0 Å². The maximum atomic E-state index is 12.3. The fraction of sp³-hybridized carbons (Fsp3) is 0.167. The highest BCUT2D eigenvalue weighted by Gasteiger charge is 2.16. The first-order chi connectivity index (χ1) is 17.5. The largest absolute Gasteiger partial charge is 0.345 e. The molecule has 2 aliphatic heterocycles. The van der Waals surface area contributed by atoms with Crippen molar-refractivity contribution in [3.8, 4) is 0 Å². The summed E-state index contributed by atoms with van der Waals surface area (Å²) in [6.45, 7) is 0.313. The molecule has 12 heteroatoms. The van der Waals surface area contributed by atoms with Gasteiger partial charge in [-0.05, 0) is 22.9 Å². The summed E-state index contributed by atoms with van der Waals surface area (Å²) in [7, 11) is 0. The molecule has 10 nitrogen and oxygen atoms in total. The van der Waals surface area contributed by atoms with Crippen molar-refractivity contribution in [1.29, 1.82) is 0 Å². The lowest BCUT2D eigenvalue weighted by Gasteiger charge is -2.22. The summed E-state index contributed by atoms with van der Waals surface area (Å²) in [4.78, 5) is 53.8. The van der Waals surface area contributed by atoms with Crippen LogP contribution in [0.1, 0.15) is 32.2 Å². The number of allylic oxidation sites excluding steroid dienone is 2.